The molecule has 7 nitrogen and oxygen atoms in total. The van der Waals surface area contributed by atoms with E-state index in [1.54, 1.807) is 0 Å². The summed E-state index contributed by atoms with van der Waals surface area (Å²) in [6.45, 7) is 0. The maximum atomic E-state index is 11.9. The standard InChI is InChI=1S/C14H17N3O.C14H16N2O/c15-17-14(18)12-9-5-4-8-11(12)13(16-17)10-6-2-1-3-7-10;17-14-12-9-5-4-8-11(12)13(15-16-14)10-6-2-1-3-7-10/h4-5,8-10H,1-3,6-7,15H2;4-5,8-10H,1-3,6-7H2,(H,16,17). The Bertz CT molecular complexity index is 1430. The average Bonchev–Trinajstić information content (AvgIpc) is 2.92. The van der Waals surface area contributed by atoms with E-state index in [4.69, 9.17) is 5.84 Å². The first kappa shape index (κ1) is 23.3. The summed E-state index contributed by atoms with van der Waals surface area (Å²) in [5.74, 6) is 6.65. The average molecular weight is 472 g/mol. The summed E-state index contributed by atoms with van der Waals surface area (Å²) in [5.41, 5.74) is 1.78. The minimum Gasteiger partial charge on any atom is -0.320 e. The lowest BCUT2D eigenvalue weighted by molar-refractivity contribution is 0.433. The van der Waals surface area contributed by atoms with Crippen LogP contribution in [0.2, 0.25) is 0 Å². The van der Waals surface area contributed by atoms with Gasteiger partial charge >= 0.3 is 0 Å². The lowest BCUT2D eigenvalue weighted by Gasteiger charge is -2.22. The van der Waals surface area contributed by atoms with Gasteiger partial charge in [-0.2, -0.15) is 10.2 Å². The third-order valence-corrected chi connectivity index (χ3v) is 7.57. The van der Waals surface area contributed by atoms with Crippen molar-refractivity contribution in [3.8, 4) is 0 Å². The van der Waals surface area contributed by atoms with Crippen LogP contribution < -0.4 is 17.0 Å². The fraction of sp³-hybridized carbons (Fsp3) is 0.429. The molecule has 2 heterocycles. The van der Waals surface area contributed by atoms with E-state index < -0.39 is 0 Å². The minimum atomic E-state index is -0.217. The smallest absolute Gasteiger partial charge is 0.293 e. The highest BCUT2D eigenvalue weighted by atomic mass is 16.1. The van der Waals surface area contributed by atoms with Crippen LogP contribution in [-0.4, -0.2) is 20.1 Å². The highest BCUT2D eigenvalue weighted by molar-refractivity contribution is 5.84. The molecule has 2 aliphatic rings. The third-order valence-electron chi connectivity index (χ3n) is 7.57. The Kier molecular flexibility index (Phi) is 6.93. The number of hydrogen-bond acceptors (Lipinski definition) is 5. The highest BCUT2D eigenvalue weighted by Crippen LogP contribution is 2.35. The van der Waals surface area contributed by atoms with Crippen LogP contribution in [0.25, 0.3) is 21.5 Å². The summed E-state index contributed by atoms with van der Waals surface area (Å²) in [5, 5.41) is 14.7. The monoisotopic (exact) mass is 471 g/mol. The Balaban J connectivity index is 0.000000145. The number of hydrogen-bond donors (Lipinski definition) is 2. The molecule has 0 radical (unpaired) electrons. The maximum Gasteiger partial charge on any atom is 0.293 e. The number of rotatable bonds is 2. The van der Waals surface area contributed by atoms with Gasteiger partial charge in [0.05, 0.1) is 22.2 Å². The second-order valence-electron chi connectivity index (χ2n) is 9.83. The zero-order chi connectivity index (χ0) is 24.2. The van der Waals surface area contributed by atoms with Crippen LogP contribution in [0.5, 0.6) is 0 Å². The zero-order valence-corrected chi connectivity index (χ0v) is 20.1. The maximum absolute atomic E-state index is 11.9. The fourth-order valence-corrected chi connectivity index (χ4v) is 5.73. The van der Waals surface area contributed by atoms with E-state index in [0.29, 0.717) is 17.2 Å². The van der Waals surface area contributed by atoms with Crippen LogP contribution in [0, 0.1) is 0 Å². The van der Waals surface area contributed by atoms with Gasteiger partial charge < -0.3 is 5.84 Å². The molecular formula is C28H33N5O2. The fourth-order valence-electron chi connectivity index (χ4n) is 5.73. The van der Waals surface area contributed by atoms with Crippen LogP contribution >= 0.6 is 0 Å². The molecule has 2 saturated carbocycles. The van der Waals surface area contributed by atoms with E-state index in [1.807, 2.05) is 48.5 Å². The summed E-state index contributed by atoms with van der Waals surface area (Å²) >= 11 is 0. The summed E-state index contributed by atoms with van der Waals surface area (Å²) in [6, 6.07) is 15.4. The molecular weight excluding hydrogens is 438 g/mol. The number of benzene rings is 2. The number of fused-ring (bicyclic) bond motifs is 2. The van der Waals surface area contributed by atoms with Crippen molar-refractivity contribution in [1.29, 1.82) is 0 Å². The minimum absolute atomic E-state index is 0.0832. The van der Waals surface area contributed by atoms with Crippen LogP contribution in [0.4, 0.5) is 0 Å². The molecule has 0 aliphatic heterocycles. The van der Waals surface area contributed by atoms with Crippen molar-refractivity contribution >= 4 is 21.5 Å². The van der Waals surface area contributed by atoms with Crippen molar-refractivity contribution in [2.45, 2.75) is 76.0 Å². The largest absolute Gasteiger partial charge is 0.320 e. The molecule has 2 fully saturated rings. The van der Waals surface area contributed by atoms with E-state index in [0.717, 1.165) is 45.2 Å². The molecule has 2 aliphatic carbocycles. The second-order valence-corrected chi connectivity index (χ2v) is 9.83. The van der Waals surface area contributed by atoms with Crippen molar-refractivity contribution in [3.63, 3.8) is 0 Å². The van der Waals surface area contributed by atoms with Gasteiger partial charge in [-0.05, 0) is 37.8 Å². The number of nitrogens with two attached hydrogens (primary N) is 1. The van der Waals surface area contributed by atoms with Gasteiger partial charge in [0, 0.05) is 22.6 Å². The predicted molar refractivity (Wildman–Crippen MR) is 140 cm³/mol. The van der Waals surface area contributed by atoms with Crippen LogP contribution in [-0.2, 0) is 0 Å². The molecule has 3 N–H and O–H groups in total. The molecule has 4 aromatic rings. The Morgan fingerprint density at radius 3 is 1.77 bits per heavy atom. The second kappa shape index (κ2) is 10.4. The van der Waals surface area contributed by atoms with Crippen molar-refractivity contribution in [1.82, 2.24) is 20.1 Å². The lowest BCUT2D eigenvalue weighted by atomic mass is 9.85. The van der Waals surface area contributed by atoms with Crippen LogP contribution in [0.1, 0.15) is 87.4 Å². The van der Waals surface area contributed by atoms with Crippen LogP contribution in [0.15, 0.2) is 58.1 Å². The topological polar surface area (TPSA) is 107 Å². The zero-order valence-electron chi connectivity index (χ0n) is 20.1. The molecule has 2 aromatic carbocycles. The molecule has 35 heavy (non-hydrogen) atoms. The van der Waals surface area contributed by atoms with E-state index in [-0.39, 0.29) is 11.1 Å². The van der Waals surface area contributed by atoms with Crippen molar-refractivity contribution in [2.24, 2.45) is 0 Å². The summed E-state index contributed by atoms with van der Waals surface area (Å²) in [4.78, 5) is 24.6. The number of nitrogens with zero attached hydrogens (tertiary/aromatic N) is 3. The summed E-state index contributed by atoms with van der Waals surface area (Å²) < 4.78 is 0. The Labute approximate surface area is 204 Å². The number of aromatic amines is 1. The van der Waals surface area contributed by atoms with Gasteiger partial charge in [-0.25, -0.2) is 5.10 Å². The molecule has 0 spiro atoms. The van der Waals surface area contributed by atoms with Crippen LogP contribution in [0.3, 0.4) is 0 Å². The summed E-state index contributed by atoms with van der Waals surface area (Å²) in [6.07, 6.45) is 12.4. The Hall–Kier alpha value is -3.48. The molecule has 0 atom stereocenters. The van der Waals surface area contributed by atoms with E-state index in [1.165, 1.54) is 51.4 Å². The van der Waals surface area contributed by atoms with Gasteiger partial charge in [-0.1, -0.05) is 74.9 Å². The third kappa shape index (κ3) is 4.85. The first-order chi connectivity index (χ1) is 17.1. The number of nitrogens with one attached hydrogen (secondary N) is 1. The number of H-pyrrole nitrogens is 1. The molecule has 6 rings (SSSR count). The molecule has 0 saturated heterocycles. The number of aromatic nitrogens is 4. The van der Waals surface area contributed by atoms with Gasteiger partial charge in [0.25, 0.3) is 11.1 Å². The first-order valence-electron chi connectivity index (χ1n) is 12.9. The molecule has 0 amide bonds. The molecule has 182 valence electrons. The van der Waals surface area contributed by atoms with Crippen molar-refractivity contribution < 1.29 is 0 Å². The predicted octanol–water partition coefficient (Wildman–Crippen LogP) is 5.13. The molecule has 0 bridgehead atoms. The van der Waals surface area contributed by atoms with Gasteiger partial charge in [0.15, 0.2) is 0 Å². The first-order valence-corrected chi connectivity index (χ1v) is 12.9. The highest BCUT2D eigenvalue weighted by Gasteiger charge is 2.21. The SMILES string of the molecule is Nn1nc(C2CCCCC2)c2ccccc2c1=O.O=c1[nH]nc(C2CCCCC2)c2ccccc12. The number of nitrogen functional groups attached to an aromatic ring is 1. The molecule has 0 unspecified atom stereocenters. The quantitative estimate of drug-likeness (QED) is 0.394. The Morgan fingerprint density at radius 1 is 0.686 bits per heavy atom. The van der Waals surface area contributed by atoms with Gasteiger partial charge in [0.2, 0.25) is 0 Å². The normalized spacial score (nSPS) is 17.3. The van der Waals surface area contributed by atoms with Gasteiger partial charge in [0.1, 0.15) is 0 Å². The Morgan fingerprint density at radius 2 is 1.17 bits per heavy atom. The van der Waals surface area contributed by atoms with Crippen molar-refractivity contribution in [3.05, 3.63) is 80.6 Å². The van der Waals surface area contributed by atoms with Gasteiger partial charge in [-0.15, -0.1) is 4.79 Å². The summed E-state index contributed by atoms with van der Waals surface area (Å²) in [7, 11) is 0. The van der Waals surface area contributed by atoms with E-state index in [9.17, 15) is 9.59 Å². The lowest BCUT2D eigenvalue weighted by Crippen LogP contribution is -2.31. The molecule has 2 aromatic heterocycles. The van der Waals surface area contributed by atoms with Gasteiger partial charge in [-0.3, -0.25) is 9.59 Å². The van der Waals surface area contributed by atoms with E-state index in [2.05, 4.69) is 15.3 Å². The molecule has 7 heteroatoms. The van der Waals surface area contributed by atoms with E-state index >= 15 is 0 Å². The van der Waals surface area contributed by atoms with Crippen molar-refractivity contribution in [2.75, 3.05) is 5.84 Å².